The first kappa shape index (κ1) is 19.6. The number of piperidine rings is 1. The van der Waals surface area contributed by atoms with Crippen molar-refractivity contribution in [3.63, 3.8) is 0 Å². The number of hydrogen-bond acceptors (Lipinski definition) is 6. The first-order valence-corrected chi connectivity index (χ1v) is 11.0. The minimum atomic E-state index is -0.603. The van der Waals surface area contributed by atoms with Crippen LogP contribution in [-0.2, 0) is 0 Å². The van der Waals surface area contributed by atoms with Crippen molar-refractivity contribution in [2.24, 2.45) is 0 Å². The number of carbonyl (C=O) groups is 2. The van der Waals surface area contributed by atoms with Gasteiger partial charge in [0.2, 0.25) is 0 Å². The number of rotatable bonds is 1. The van der Waals surface area contributed by atoms with Crippen molar-refractivity contribution >= 4 is 38.1 Å². The number of nitrogens with zero attached hydrogens (tertiary/aromatic N) is 2. The first-order chi connectivity index (χ1) is 14.9. The molecule has 156 valence electrons. The van der Waals surface area contributed by atoms with Crippen LogP contribution in [0.25, 0.3) is 10.1 Å². The lowest BCUT2D eigenvalue weighted by molar-refractivity contribution is -0.00562. The van der Waals surface area contributed by atoms with Crippen LogP contribution < -0.4 is 10.5 Å². The maximum Gasteiger partial charge on any atom is 0.257 e. The van der Waals surface area contributed by atoms with Gasteiger partial charge in [0.15, 0.2) is 5.78 Å². The van der Waals surface area contributed by atoms with E-state index >= 15 is 0 Å². The van der Waals surface area contributed by atoms with Crippen LogP contribution >= 0.6 is 11.3 Å². The van der Waals surface area contributed by atoms with Crippen molar-refractivity contribution in [2.75, 3.05) is 18.8 Å². The highest BCUT2D eigenvalue weighted by molar-refractivity contribution is 7.23. The molecule has 31 heavy (non-hydrogen) atoms. The lowest BCUT2D eigenvalue weighted by atomic mass is 9.82. The highest BCUT2D eigenvalue weighted by Gasteiger charge is 2.44. The van der Waals surface area contributed by atoms with E-state index in [2.05, 4.69) is 12.1 Å². The molecule has 1 aromatic heterocycles. The van der Waals surface area contributed by atoms with Gasteiger partial charge in [0.1, 0.15) is 11.4 Å². The average Bonchev–Trinajstić information content (AvgIpc) is 3.08. The van der Waals surface area contributed by atoms with Crippen LogP contribution in [0.4, 0.5) is 5.00 Å². The van der Waals surface area contributed by atoms with Gasteiger partial charge in [-0.15, -0.1) is 11.3 Å². The number of nitrogen functional groups attached to an aromatic ring is 1. The highest BCUT2D eigenvalue weighted by Crippen LogP contribution is 2.41. The molecule has 3 aromatic rings. The number of carbonyl (C=O) groups excluding carboxylic acids is 2. The molecule has 3 heterocycles. The van der Waals surface area contributed by atoms with Crippen molar-refractivity contribution in [3.8, 4) is 11.8 Å². The predicted molar refractivity (Wildman–Crippen MR) is 120 cm³/mol. The molecular formula is C24H21N3O3S. The zero-order chi connectivity index (χ0) is 21.8. The summed E-state index contributed by atoms with van der Waals surface area (Å²) < 4.78 is 7.28. The molecule has 7 heteroatoms. The summed E-state index contributed by atoms with van der Waals surface area (Å²) in [5.74, 6) is 0.448. The second-order valence-corrected chi connectivity index (χ2v) is 9.42. The monoisotopic (exact) mass is 431 g/mol. The highest BCUT2D eigenvalue weighted by atomic mass is 32.1. The number of amides is 1. The number of nitrogens with two attached hydrogens (primary N) is 1. The number of aryl methyl sites for hydroxylation is 1. The quantitative estimate of drug-likeness (QED) is 0.619. The Morgan fingerprint density at radius 3 is 2.74 bits per heavy atom. The normalized spacial score (nSPS) is 17.3. The maximum atomic E-state index is 13.3. The van der Waals surface area contributed by atoms with Crippen LogP contribution in [-0.4, -0.2) is 35.3 Å². The molecule has 0 saturated carbocycles. The maximum absolute atomic E-state index is 13.3. The number of Topliss-reactive ketones (excluding diaryl/α,β-unsaturated/α-hetero) is 1. The fraction of sp³-hybridized carbons (Fsp3) is 0.292. The van der Waals surface area contributed by atoms with Gasteiger partial charge >= 0.3 is 0 Å². The van der Waals surface area contributed by atoms with Gasteiger partial charge in [-0.1, -0.05) is 12.1 Å². The van der Waals surface area contributed by atoms with Crippen molar-refractivity contribution in [1.29, 1.82) is 5.26 Å². The largest absolute Gasteiger partial charge is 0.486 e. The van der Waals surface area contributed by atoms with Crippen LogP contribution in [0.2, 0.25) is 0 Å². The van der Waals surface area contributed by atoms with Crippen molar-refractivity contribution in [1.82, 2.24) is 4.90 Å². The van der Waals surface area contributed by atoms with E-state index < -0.39 is 5.60 Å². The summed E-state index contributed by atoms with van der Waals surface area (Å²) in [6, 6.07) is 13.0. The van der Waals surface area contributed by atoms with E-state index in [1.807, 2.05) is 24.0 Å². The van der Waals surface area contributed by atoms with Gasteiger partial charge in [-0.2, -0.15) is 5.26 Å². The van der Waals surface area contributed by atoms with E-state index in [0.717, 1.165) is 15.6 Å². The topological polar surface area (TPSA) is 96.4 Å². The van der Waals surface area contributed by atoms with E-state index in [1.165, 1.54) is 11.3 Å². The number of ether oxygens (including phenoxy) is 1. The number of benzene rings is 2. The lowest BCUT2D eigenvalue weighted by Crippen LogP contribution is -2.52. The summed E-state index contributed by atoms with van der Waals surface area (Å²) >= 11 is 1.44. The Kier molecular flexibility index (Phi) is 4.49. The molecule has 0 unspecified atom stereocenters. The Morgan fingerprint density at radius 2 is 2.00 bits per heavy atom. The van der Waals surface area contributed by atoms with Gasteiger partial charge < -0.3 is 15.4 Å². The van der Waals surface area contributed by atoms with Crippen molar-refractivity contribution in [2.45, 2.75) is 31.8 Å². The van der Waals surface area contributed by atoms with Crippen molar-refractivity contribution in [3.05, 3.63) is 58.7 Å². The number of likely N-dealkylation sites (tertiary alicyclic amines) is 1. The number of thiophene rings is 1. The number of hydrogen-bond donors (Lipinski definition) is 1. The minimum Gasteiger partial charge on any atom is -0.486 e. The van der Waals surface area contributed by atoms with Gasteiger partial charge in [-0.05, 0) is 36.8 Å². The predicted octanol–water partition coefficient (Wildman–Crippen LogP) is 4.30. The van der Waals surface area contributed by atoms with Crippen molar-refractivity contribution < 1.29 is 14.3 Å². The van der Waals surface area contributed by atoms with Gasteiger partial charge in [0.25, 0.3) is 5.91 Å². The fourth-order valence-electron chi connectivity index (χ4n) is 4.56. The molecule has 6 nitrogen and oxygen atoms in total. The van der Waals surface area contributed by atoms with E-state index in [0.29, 0.717) is 53.4 Å². The van der Waals surface area contributed by atoms with Crippen LogP contribution in [0.15, 0.2) is 36.4 Å². The van der Waals surface area contributed by atoms with E-state index in [9.17, 15) is 9.59 Å². The SMILES string of the molecule is Cc1ccc2c(C(=O)N3CCC4(CC3)CC(=O)c3cc(C#N)ccc3O4)c(N)sc2c1. The van der Waals surface area contributed by atoms with E-state index in [4.69, 9.17) is 15.7 Å². The summed E-state index contributed by atoms with van der Waals surface area (Å²) in [6.07, 6.45) is 1.41. The summed E-state index contributed by atoms with van der Waals surface area (Å²) in [5, 5.41) is 10.5. The third-order valence-electron chi connectivity index (χ3n) is 6.27. The van der Waals surface area contributed by atoms with Crippen LogP contribution in [0.1, 0.15) is 51.1 Å². The molecule has 0 bridgehead atoms. The molecule has 2 N–H and O–H groups in total. The number of anilines is 1. The summed E-state index contributed by atoms with van der Waals surface area (Å²) in [7, 11) is 0. The van der Waals surface area contributed by atoms with Crippen LogP contribution in [0.3, 0.4) is 0 Å². The Labute approximate surface area is 183 Å². The zero-order valence-electron chi connectivity index (χ0n) is 17.1. The molecule has 2 aliphatic heterocycles. The van der Waals surface area contributed by atoms with Gasteiger partial charge in [0.05, 0.1) is 34.2 Å². The molecule has 2 aliphatic rings. The Hall–Kier alpha value is -3.37. The molecular weight excluding hydrogens is 410 g/mol. The smallest absolute Gasteiger partial charge is 0.257 e. The Bertz CT molecular complexity index is 1280. The molecule has 0 radical (unpaired) electrons. The summed E-state index contributed by atoms with van der Waals surface area (Å²) in [6.45, 7) is 3.02. The lowest BCUT2D eigenvalue weighted by Gasteiger charge is -2.44. The summed E-state index contributed by atoms with van der Waals surface area (Å²) in [4.78, 5) is 27.9. The van der Waals surface area contributed by atoms with Gasteiger partial charge in [-0.25, -0.2) is 0 Å². The molecule has 0 aliphatic carbocycles. The molecule has 2 aromatic carbocycles. The first-order valence-electron chi connectivity index (χ1n) is 10.2. The van der Waals surface area contributed by atoms with Crippen LogP contribution in [0.5, 0.6) is 5.75 Å². The van der Waals surface area contributed by atoms with Gasteiger partial charge in [-0.3, -0.25) is 9.59 Å². The molecule has 1 saturated heterocycles. The molecule has 1 fully saturated rings. The Balaban J connectivity index is 1.36. The number of nitriles is 1. The molecule has 1 spiro atoms. The standard InChI is InChI=1S/C24H21N3O3S/c1-14-2-4-16-20(10-14)31-22(26)21(16)23(29)27-8-6-24(7-9-27)12-18(28)17-11-15(13-25)3-5-19(17)30-24/h2-5,10-11H,6-9,12,26H2,1H3. The zero-order valence-corrected chi connectivity index (χ0v) is 17.9. The minimum absolute atomic E-state index is 0.0124. The molecule has 1 amide bonds. The third kappa shape index (κ3) is 3.24. The van der Waals surface area contributed by atoms with E-state index in [1.54, 1.807) is 18.2 Å². The van der Waals surface area contributed by atoms with E-state index in [-0.39, 0.29) is 18.1 Å². The molecule has 0 atom stereocenters. The second-order valence-electron chi connectivity index (χ2n) is 8.34. The summed E-state index contributed by atoms with van der Waals surface area (Å²) in [5.41, 5.74) is 8.24. The van der Waals surface area contributed by atoms with Crippen LogP contribution in [0, 0.1) is 18.3 Å². The second kappa shape index (κ2) is 7.10. The average molecular weight is 432 g/mol. The van der Waals surface area contributed by atoms with Gasteiger partial charge in [0, 0.05) is 36.0 Å². The Morgan fingerprint density at radius 1 is 1.23 bits per heavy atom. The number of fused-ring (bicyclic) bond motifs is 2. The molecule has 5 rings (SSSR count). The third-order valence-corrected chi connectivity index (χ3v) is 7.25. The fourth-order valence-corrected chi connectivity index (χ4v) is 5.62. The number of ketones is 1.